The van der Waals surface area contributed by atoms with Crippen LogP contribution in [0.4, 0.5) is 11.4 Å². The average Bonchev–Trinajstić information content (AvgIpc) is 3.37. The fourth-order valence-electron chi connectivity index (χ4n) is 5.18. The Morgan fingerprint density at radius 3 is 2.39 bits per heavy atom. The standard InChI is InChI=1S/C35H28N4O6S/c1-22-31(33(40)37-26-9-4-3-5-10-26)32(24-14-18-28(44-2)19-15-24)38-34(41)30(46-35(38)36-22)20-25-8-6-7-11-29(25)45-21-23-12-16-27(17-13-23)39(42)43/h3-20,32H,21H2,1-2H3,(H,37,40)/b30-20+/t32-/m1/s1. The molecule has 10 nitrogen and oxygen atoms in total. The molecule has 0 unspecified atom stereocenters. The minimum atomic E-state index is -0.735. The van der Waals surface area contributed by atoms with E-state index < -0.39 is 11.0 Å². The van der Waals surface area contributed by atoms with E-state index in [4.69, 9.17) is 14.5 Å². The summed E-state index contributed by atoms with van der Waals surface area (Å²) in [7, 11) is 1.58. The number of nitrogens with one attached hydrogen (secondary N) is 1. The Morgan fingerprint density at radius 2 is 1.70 bits per heavy atom. The molecule has 1 aromatic heterocycles. The van der Waals surface area contributed by atoms with Crippen LogP contribution >= 0.6 is 11.3 Å². The monoisotopic (exact) mass is 632 g/mol. The number of carbonyl (C=O) groups excluding carboxylic acids is 1. The minimum absolute atomic E-state index is 0.00316. The van der Waals surface area contributed by atoms with Crippen molar-refractivity contribution in [2.45, 2.75) is 19.6 Å². The Morgan fingerprint density at radius 1 is 1.00 bits per heavy atom. The minimum Gasteiger partial charge on any atom is -0.497 e. The summed E-state index contributed by atoms with van der Waals surface area (Å²) in [4.78, 5) is 43.6. The van der Waals surface area contributed by atoms with Crippen LogP contribution in [0.2, 0.25) is 0 Å². The lowest BCUT2D eigenvalue weighted by molar-refractivity contribution is -0.384. The largest absolute Gasteiger partial charge is 0.497 e. The number of non-ortho nitro benzene ring substituents is 1. The number of hydrogen-bond acceptors (Lipinski definition) is 8. The number of methoxy groups -OCH3 is 1. The number of allylic oxidation sites excluding steroid dienone is 1. The quantitative estimate of drug-likeness (QED) is 0.172. The normalized spacial score (nSPS) is 14.3. The van der Waals surface area contributed by atoms with E-state index in [0.29, 0.717) is 43.4 Å². The molecule has 0 aliphatic carbocycles. The number of aromatic nitrogens is 1. The zero-order valence-electron chi connectivity index (χ0n) is 24.9. The first-order chi connectivity index (χ1) is 22.3. The van der Waals surface area contributed by atoms with Crippen LogP contribution in [0.3, 0.4) is 0 Å². The molecule has 46 heavy (non-hydrogen) atoms. The van der Waals surface area contributed by atoms with E-state index in [0.717, 1.165) is 11.1 Å². The molecular formula is C35H28N4O6S. The van der Waals surface area contributed by atoms with E-state index in [9.17, 15) is 19.7 Å². The van der Waals surface area contributed by atoms with Gasteiger partial charge < -0.3 is 14.8 Å². The lowest BCUT2D eigenvalue weighted by atomic mass is 9.95. The highest BCUT2D eigenvalue weighted by Crippen LogP contribution is 2.32. The molecule has 0 saturated carbocycles. The molecule has 1 N–H and O–H groups in total. The van der Waals surface area contributed by atoms with Gasteiger partial charge in [0.1, 0.15) is 18.1 Å². The number of amides is 1. The van der Waals surface area contributed by atoms with E-state index in [1.165, 1.54) is 23.5 Å². The topological polar surface area (TPSA) is 125 Å². The second kappa shape index (κ2) is 13.0. The fraction of sp³-hybridized carbons (Fsp3) is 0.114. The van der Waals surface area contributed by atoms with Gasteiger partial charge in [0, 0.05) is 23.4 Å². The molecule has 6 rings (SSSR count). The molecule has 5 aromatic rings. The number of benzene rings is 4. The van der Waals surface area contributed by atoms with E-state index >= 15 is 0 Å². The number of anilines is 1. The predicted octanol–water partition coefficient (Wildman–Crippen LogP) is 5.37. The number of para-hydroxylation sites is 2. The first kappa shape index (κ1) is 30.2. The van der Waals surface area contributed by atoms with E-state index in [1.54, 1.807) is 67.1 Å². The van der Waals surface area contributed by atoms with E-state index in [2.05, 4.69) is 5.32 Å². The van der Waals surface area contributed by atoms with Gasteiger partial charge in [-0.3, -0.25) is 24.3 Å². The number of nitro benzene ring substituents is 1. The Hall–Kier alpha value is -5.81. The van der Waals surface area contributed by atoms with Crippen molar-refractivity contribution in [1.29, 1.82) is 0 Å². The fourth-order valence-corrected chi connectivity index (χ4v) is 6.22. The first-order valence-electron chi connectivity index (χ1n) is 14.3. The molecule has 11 heteroatoms. The van der Waals surface area contributed by atoms with Crippen molar-refractivity contribution < 1.29 is 19.2 Å². The van der Waals surface area contributed by atoms with Gasteiger partial charge in [0.2, 0.25) is 0 Å². The highest BCUT2D eigenvalue weighted by molar-refractivity contribution is 7.07. The molecule has 2 heterocycles. The van der Waals surface area contributed by atoms with Crippen molar-refractivity contribution >= 4 is 34.7 Å². The highest BCUT2D eigenvalue weighted by Gasteiger charge is 2.32. The van der Waals surface area contributed by atoms with Crippen molar-refractivity contribution in [3.05, 3.63) is 161 Å². The van der Waals surface area contributed by atoms with Gasteiger partial charge in [-0.15, -0.1) is 0 Å². The molecule has 0 radical (unpaired) electrons. The number of rotatable bonds is 9. The van der Waals surface area contributed by atoms with E-state index in [1.807, 2.05) is 48.5 Å². The van der Waals surface area contributed by atoms with Gasteiger partial charge in [0.05, 0.1) is 33.9 Å². The van der Waals surface area contributed by atoms with Crippen LogP contribution in [-0.4, -0.2) is 22.5 Å². The second-order valence-electron chi connectivity index (χ2n) is 10.4. The number of carbonyl (C=O) groups is 1. The summed E-state index contributed by atoms with van der Waals surface area (Å²) in [5.41, 5.74) is 3.37. The van der Waals surface area contributed by atoms with Crippen molar-refractivity contribution in [2.24, 2.45) is 4.99 Å². The number of ether oxygens (including phenoxy) is 2. The second-order valence-corrected chi connectivity index (χ2v) is 11.4. The number of nitro groups is 1. The number of thiazole rings is 1. The summed E-state index contributed by atoms with van der Waals surface area (Å²) in [5, 5.41) is 13.9. The lowest BCUT2D eigenvalue weighted by Gasteiger charge is -2.25. The zero-order chi connectivity index (χ0) is 32.2. The Balaban J connectivity index is 1.39. The van der Waals surface area contributed by atoms with Crippen LogP contribution in [0.25, 0.3) is 6.08 Å². The smallest absolute Gasteiger partial charge is 0.271 e. The summed E-state index contributed by atoms with van der Waals surface area (Å²) in [6, 6.07) is 29.1. The maximum Gasteiger partial charge on any atom is 0.271 e. The third-order valence-electron chi connectivity index (χ3n) is 7.48. The highest BCUT2D eigenvalue weighted by atomic mass is 32.1. The van der Waals surface area contributed by atoms with Gasteiger partial charge in [-0.2, -0.15) is 0 Å². The molecule has 0 spiro atoms. The molecule has 1 aliphatic rings. The lowest BCUT2D eigenvalue weighted by Crippen LogP contribution is -2.40. The molecular weight excluding hydrogens is 604 g/mol. The van der Waals surface area contributed by atoms with Gasteiger partial charge >= 0.3 is 0 Å². The SMILES string of the molecule is COc1ccc([C@@H]2C(C(=O)Nc3ccccc3)=C(C)N=c3s/c(=C/c4ccccc4OCc4ccc([N+](=O)[O-])cc4)c(=O)n32)cc1. The summed E-state index contributed by atoms with van der Waals surface area (Å²) >= 11 is 1.23. The number of nitrogens with zero attached hydrogens (tertiary/aromatic N) is 3. The Kier molecular flexibility index (Phi) is 8.57. The van der Waals surface area contributed by atoms with Crippen LogP contribution in [0.5, 0.6) is 11.5 Å². The first-order valence-corrected chi connectivity index (χ1v) is 15.1. The van der Waals surface area contributed by atoms with Crippen LogP contribution in [0, 0.1) is 10.1 Å². The predicted molar refractivity (Wildman–Crippen MR) is 176 cm³/mol. The summed E-state index contributed by atoms with van der Waals surface area (Å²) < 4.78 is 13.4. The van der Waals surface area contributed by atoms with Crippen molar-refractivity contribution in [1.82, 2.24) is 4.57 Å². The average molecular weight is 633 g/mol. The summed E-state index contributed by atoms with van der Waals surface area (Å²) in [6.07, 6.45) is 1.75. The van der Waals surface area contributed by atoms with Gasteiger partial charge in [-0.25, -0.2) is 4.99 Å². The van der Waals surface area contributed by atoms with Gasteiger partial charge in [0.15, 0.2) is 4.80 Å². The van der Waals surface area contributed by atoms with Crippen molar-refractivity contribution in [2.75, 3.05) is 12.4 Å². The van der Waals surface area contributed by atoms with Gasteiger partial charge in [0.25, 0.3) is 17.2 Å². The molecule has 0 saturated heterocycles. The summed E-state index contributed by atoms with van der Waals surface area (Å²) in [6.45, 7) is 1.95. The molecule has 1 aliphatic heterocycles. The molecule has 0 bridgehead atoms. The molecule has 0 fully saturated rings. The Labute approximate surface area is 267 Å². The number of hydrogen-bond donors (Lipinski definition) is 1. The Bertz CT molecular complexity index is 2140. The number of fused-ring (bicyclic) bond motifs is 1. The zero-order valence-corrected chi connectivity index (χ0v) is 25.7. The van der Waals surface area contributed by atoms with Crippen molar-refractivity contribution in [3.63, 3.8) is 0 Å². The maximum atomic E-state index is 14.1. The third-order valence-corrected chi connectivity index (χ3v) is 8.46. The molecule has 230 valence electrons. The van der Waals surface area contributed by atoms with Crippen LogP contribution in [0.1, 0.15) is 29.7 Å². The molecule has 4 aromatic carbocycles. The third kappa shape index (κ3) is 6.21. The maximum absolute atomic E-state index is 14.1. The van der Waals surface area contributed by atoms with Crippen molar-refractivity contribution in [3.8, 4) is 11.5 Å². The van der Waals surface area contributed by atoms with Crippen LogP contribution in [-0.2, 0) is 11.4 Å². The van der Waals surface area contributed by atoms with Crippen LogP contribution < -0.4 is 29.7 Å². The summed E-state index contributed by atoms with van der Waals surface area (Å²) in [5.74, 6) is 0.836. The van der Waals surface area contributed by atoms with Gasteiger partial charge in [-0.1, -0.05) is 59.9 Å². The van der Waals surface area contributed by atoms with Crippen LogP contribution in [0.15, 0.2) is 124 Å². The molecule has 1 amide bonds. The van der Waals surface area contributed by atoms with E-state index in [-0.39, 0.29) is 23.8 Å². The molecule has 1 atom stereocenters. The van der Waals surface area contributed by atoms with Gasteiger partial charge in [-0.05, 0) is 66.6 Å².